The number of hydrogen-bond acceptors (Lipinski definition) is 5. The largest absolute Gasteiger partial charge is 0.494 e. The van der Waals surface area contributed by atoms with Crippen molar-refractivity contribution in [2.45, 2.75) is 33.2 Å². The van der Waals surface area contributed by atoms with Crippen LogP contribution in [0.3, 0.4) is 0 Å². The van der Waals surface area contributed by atoms with Crippen LogP contribution in [0.4, 0.5) is 10.5 Å². The molecule has 0 spiro atoms. The molecule has 0 unspecified atom stereocenters. The third kappa shape index (κ3) is 4.24. The van der Waals surface area contributed by atoms with Gasteiger partial charge in [-0.25, -0.2) is 13.2 Å². The van der Waals surface area contributed by atoms with E-state index in [4.69, 9.17) is 4.74 Å². The minimum atomic E-state index is -3.00. The summed E-state index contributed by atoms with van der Waals surface area (Å²) in [5.41, 5.74) is 1.25. The van der Waals surface area contributed by atoms with Gasteiger partial charge in [0.2, 0.25) is 0 Å². The van der Waals surface area contributed by atoms with Gasteiger partial charge in [-0.2, -0.15) is 0 Å². The van der Waals surface area contributed by atoms with Crippen LogP contribution in [0.15, 0.2) is 24.3 Å². The lowest BCUT2D eigenvalue weighted by Gasteiger charge is -2.48. The van der Waals surface area contributed by atoms with Crippen molar-refractivity contribution in [3.63, 3.8) is 0 Å². The highest BCUT2D eigenvalue weighted by Crippen LogP contribution is 2.43. The van der Waals surface area contributed by atoms with E-state index in [0.29, 0.717) is 32.2 Å². The van der Waals surface area contributed by atoms with E-state index >= 15 is 0 Å². The van der Waals surface area contributed by atoms with Gasteiger partial charge in [0.05, 0.1) is 24.2 Å². The summed E-state index contributed by atoms with van der Waals surface area (Å²) in [6.45, 7) is 10.2. The average molecular weight is 436 g/mol. The summed E-state index contributed by atoms with van der Waals surface area (Å²) in [5.74, 6) is 1.41. The van der Waals surface area contributed by atoms with Gasteiger partial charge in [-0.15, -0.1) is 0 Å². The van der Waals surface area contributed by atoms with Crippen LogP contribution < -0.4 is 9.64 Å². The second kappa shape index (κ2) is 7.94. The number of anilines is 1. The summed E-state index contributed by atoms with van der Waals surface area (Å²) in [6, 6.07) is 8.47. The Labute approximate surface area is 179 Å². The number of hydrogen-bond donors (Lipinski definition) is 0. The predicted octanol–water partition coefficient (Wildman–Crippen LogP) is 2.47. The Morgan fingerprint density at radius 1 is 1.07 bits per heavy atom. The standard InChI is InChI=1S/C22H33N3O4S/c1-4-29-19-7-5-18(6-8-19)25-15-17-13-22(2,3)20(25)16-24(14-17)21(26)23-9-11-30(27,28)12-10-23/h5-8,17,20H,4,9-16H2,1-3H3/t17-,20-/m1/s1. The second-order valence-corrected chi connectivity index (χ2v) is 11.8. The van der Waals surface area contributed by atoms with Crippen LogP contribution in [-0.4, -0.2) is 81.1 Å². The van der Waals surface area contributed by atoms with Crippen LogP contribution in [0.5, 0.6) is 5.75 Å². The van der Waals surface area contributed by atoms with E-state index in [0.717, 1.165) is 25.3 Å². The van der Waals surface area contributed by atoms with E-state index in [2.05, 4.69) is 30.9 Å². The molecule has 2 atom stereocenters. The number of sulfone groups is 1. The number of nitrogens with zero attached hydrogens (tertiary/aromatic N) is 3. The number of piperidine rings is 1. The molecule has 1 aromatic carbocycles. The third-order valence-electron chi connectivity index (χ3n) is 6.78. The average Bonchev–Trinajstić information content (AvgIpc) is 2.95. The number of carbonyl (C=O) groups excluding carboxylic acids is 1. The van der Waals surface area contributed by atoms with Crippen molar-refractivity contribution in [3.05, 3.63) is 24.3 Å². The Kier molecular flexibility index (Phi) is 5.64. The van der Waals surface area contributed by atoms with Crippen LogP contribution in [0.1, 0.15) is 27.2 Å². The minimum Gasteiger partial charge on any atom is -0.494 e. The Morgan fingerprint density at radius 3 is 2.37 bits per heavy atom. The molecule has 166 valence electrons. The van der Waals surface area contributed by atoms with E-state index < -0.39 is 9.84 Å². The predicted molar refractivity (Wildman–Crippen MR) is 118 cm³/mol. The zero-order chi connectivity index (χ0) is 21.5. The molecule has 2 amide bonds. The van der Waals surface area contributed by atoms with Gasteiger partial charge in [-0.05, 0) is 48.9 Å². The number of fused-ring (bicyclic) bond motifs is 4. The molecule has 4 aliphatic heterocycles. The summed E-state index contributed by atoms with van der Waals surface area (Å²) >= 11 is 0. The number of carbonyl (C=O) groups is 1. The van der Waals surface area contributed by atoms with Crippen molar-refractivity contribution in [1.29, 1.82) is 0 Å². The maximum absolute atomic E-state index is 13.2. The van der Waals surface area contributed by atoms with Crippen molar-refractivity contribution in [2.24, 2.45) is 11.3 Å². The molecule has 4 aliphatic rings. The Bertz CT molecular complexity index is 870. The van der Waals surface area contributed by atoms with E-state index in [1.54, 1.807) is 4.90 Å². The molecule has 1 aromatic rings. The molecule has 0 aromatic heterocycles. The molecular weight excluding hydrogens is 402 g/mol. The van der Waals surface area contributed by atoms with Crippen LogP contribution >= 0.6 is 0 Å². The normalized spacial score (nSPS) is 27.6. The smallest absolute Gasteiger partial charge is 0.320 e. The van der Waals surface area contributed by atoms with Crippen molar-refractivity contribution in [2.75, 3.05) is 55.7 Å². The highest BCUT2D eigenvalue weighted by Gasteiger charge is 2.47. The first-order valence-electron chi connectivity index (χ1n) is 10.9. The summed E-state index contributed by atoms with van der Waals surface area (Å²) in [6.07, 6.45) is 1.09. The molecule has 0 radical (unpaired) electrons. The number of urea groups is 1. The molecule has 4 fully saturated rings. The van der Waals surface area contributed by atoms with Crippen LogP contribution in [-0.2, 0) is 9.84 Å². The number of benzene rings is 1. The van der Waals surface area contributed by atoms with Crippen molar-refractivity contribution < 1.29 is 17.9 Å². The molecule has 2 bridgehead atoms. The first-order valence-corrected chi connectivity index (χ1v) is 12.7. The van der Waals surface area contributed by atoms with Gasteiger partial charge in [-0.3, -0.25) is 0 Å². The molecule has 0 aliphatic carbocycles. The quantitative estimate of drug-likeness (QED) is 0.730. The lowest BCUT2D eigenvalue weighted by Crippen LogP contribution is -2.55. The topological polar surface area (TPSA) is 70.2 Å². The van der Waals surface area contributed by atoms with E-state index in [9.17, 15) is 13.2 Å². The van der Waals surface area contributed by atoms with Gasteiger partial charge in [0.15, 0.2) is 9.84 Å². The number of amides is 2. The Hall–Kier alpha value is -1.96. The lowest BCUT2D eigenvalue weighted by molar-refractivity contribution is 0.153. The van der Waals surface area contributed by atoms with Crippen LogP contribution in [0, 0.1) is 11.3 Å². The summed E-state index contributed by atoms with van der Waals surface area (Å²) in [5, 5.41) is 0. The van der Waals surface area contributed by atoms with Crippen LogP contribution in [0.2, 0.25) is 0 Å². The summed E-state index contributed by atoms with van der Waals surface area (Å²) in [4.78, 5) is 19.4. The van der Waals surface area contributed by atoms with Gasteiger partial charge in [0.1, 0.15) is 5.75 Å². The molecule has 30 heavy (non-hydrogen) atoms. The Balaban J connectivity index is 1.53. The molecular formula is C22H33N3O4S. The third-order valence-corrected chi connectivity index (χ3v) is 8.39. The van der Waals surface area contributed by atoms with Crippen molar-refractivity contribution >= 4 is 21.6 Å². The number of rotatable bonds is 3. The first-order chi connectivity index (χ1) is 14.2. The van der Waals surface area contributed by atoms with E-state index in [1.807, 2.05) is 24.0 Å². The van der Waals surface area contributed by atoms with Crippen LogP contribution in [0.25, 0.3) is 0 Å². The number of ether oxygens (including phenoxy) is 1. The van der Waals surface area contributed by atoms with E-state index in [-0.39, 0.29) is 29.0 Å². The summed E-state index contributed by atoms with van der Waals surface area (Å²) in [7, 11) is -3.00. The summed E-state index contributed by atoms with van der Waals surface area (Å²) < 4.78 is 29.1. The zero-order valence-corrected chi connectivity index (χ0v) is 19.0. The SMILES string of the molecule is CCOc1ccc(N2C[C@H]3CN(C(=O)N4CCS(=O)(=O)CC4)C[C@@H]2C(C)(C)C3)cc1. The molecule has 8 heteroatoms. The molecule has 0 saturated carbocycles. The zero-order valence-electron chi connectivity index (χ0n) is 18.2. The maximum atomic E-state index is 13.2. The maximum Gasteiger partial charge on any atom is 0.320 e. The second-order valence-electron chi connectivity index (χ2n) is 9.48. The monoisotopic (exact) mass is 435 g/mol. The van der Waals surface area contributed by atoms with Gasteiger partial charge in [0.25, 0.3) is 0 Å². The lowest BCUT2D eigenvalue weighted by atomic mass is 9.73. The fourth-order valence-corrected chi connectivity index (χ4v) is 6.48. The Morgan fingerprint density at radius 2 is 1.73 bits per heavy atom. The van der Waals surface area contributed by atoms with Crippen molar-refractivity contribution in [1.82, 2.24) is 9.80 Å². The highest BCUT2D eigenvalue weighted by molar-refractivity contribution is 7.91. The molecule has 0 N–H and O–H groups in total. The van der Waals surface area contributed by atoms with Gasteiger partial charge in [0, 0.05) is 38.4 Å². The van der Waals surface area contributed by atoms with Crippen molar-refractivity contribution in [3.8, 4) is 5.75 Å². The molecule has 4 saturated heterocycles. The van der Waals surface area contributed by atoms with E-state index in [1.165, 1.54) is 5.69 Å². The highest BCUT2D eigenvalue weighted by atomic mass is 32.2. The first kappa shape index (κ1) is 21.3. The van der Waals surface area contributed by atoms with Gasteiger partial charge in [-0.1, -0.05) is 13.8 Å². The van der Waals surface area contributed by atoms with Gasteiger partial charge < -0.3 is 19.4 Å². The van der Waals surface area contributed by atoms with Gasteiger partial charge >= 0.3 is 6.03 Å². The fourth-order valence-electron chi connectivity index (χ4n) is 5.28. The molecule has 4 heterocycles. The molecule has 7 nitrogen and oxygen atoms in total. The fraction of sp³-hybridized carbons (Fsp3) is 0.682. The minimum absolute atomic E-state index is 0.00820. The molecule has 5 rings (SSSR count).